The van der Waals surface area contributed by atoms with Crippen molar-refractivity contribution in [1.82, 2.24) is 4.90 Å². The zero-order valence-electron chi connectivity index (χ0n) is 7.96. The van der Waals surface area contributed by atoms with Gasteiger partial charge in [-0.3, -0.25) is 0 Å². The number of nitrogens with two attached hydrogens (primary N) is 1. The van der Waals surface area contributed by atoms with Crippen molar-refractivity contribution in [2.75, 3.05) is 13.6 Å². The molecule has 0 saturated heterocycles. The second kappa shape index (κ2) is 5.10. The zero-order chi connectivity index (χ0) is 9.84. The predicted molar refractivity (Wildman–Crippen MR) is 62.0 cm³/mol. The summed E-state index contributed by atoms with van der Waals surface area (Å²) in [6, 6.07) is 2.40. The van der Waals surface area contributed by atoms with Crippen LogP contribution in [0.2, 0.25) is 0 Å². The van der Waals surface area contributed by atoms with Crippen molar-refractivity contribution in [3.05, 3.63) is 20.8 Å². The molecule has 13 heavy (non-hydrogen) atoms. The van der Waals surface area contributed by atoms with Crippen LogP contribution in [0, 0.1) is 0 Å². The molecule has 1 atom stereocenters. The van der Waals surface area contributed by atoms with Crippen molar-refractivity contribution >= 4 is 27.3 Å². The Morgan fingerprint density at radius 1 is 1.69 bits per heavy atom. The van der Waals surface area contributed by atoms with Crippen LogP contribution in [-0.2, 0) is 6.54 Å². The van der Waals surface area contributed by atoms with E-state index in [0.717, 1.165) is 13.1 Å². The lowest BCUT2D eigenvalue weighted by Crippen LogP contribution is -2.32. The van der Waals surface area contributed by atoms with E-state index in [4.69, 9.17) is 5.73 Å². The van der Waals surface area contributed by atoms with E-state index in [1.54, 1.807) is 11.3 Å². The quantitative estimate of drug-likeness (QED) is 0.903. The fourth-order valence-corrected chi connectivity index (χ4v) is 2.50. The van der Waals surface area contributed by atoms with E-state index >= 15 is 0 Å². The molecule has 1 aromatic rings. The molecule has 0 aliphatic carbocycles. The Labute approximate surface area is 91.9 Å². The largest absolute Gasteiger partial charge is 0.327 e. The van der Waals surface area contributed by atoms with Gasteiger partial charge in [0.2, 0.25) is 0 Å². The van der Waals surface area contributed by atoms with Crippen molar-refractivity contribution in [2.45, 2.75) is 19.5 Å². The smallest absolute Gasteiger partial charge is 0.0701 e. The molecule has 74 valence electrons. The molecule has 0 aliphatic rings. The molecule has 1 heterocycles. The van der Waals surface area contributed by atoms with Gasteiger partial charge in [-0.2, -0.15) is 0 Å². The molecule has 0 fully saturated rings. The summed E-state index contributed by atoms with van der Waals surface area (Å²) in [6.45, 7) is 3.94. The summed E-state index contributed by atoms with van der Waals surface area (Å²) in [5, 5.41) is 2.17. The summed E-state index contributed by atoms with van der Waals surface area (Å²) in [4.78, 5) is 2.24. The topological polar surface area (TPSA) is 29.3 Å². The number of rotatable bonds is 4. The standard InChI is InChI=1S/C9H15BrN2S/c1-7(11)4-12(2)5-8-3-9(10)13-6-8/h3,6-7H,4-5,11H2,1-2H3. The number of halogens is 1. The molecule has 2 nitrogen and oxygen atoms in total. The van der Waals surface area contributed by atoms with Gasteiger partial charge in [0.05, 0.1) is 3.79 Å². The molecule has 0 aliphatic heterocycles. The summed E-state index contributed by atoms with van der Waals surface area (Å²) in [6.07, 6.45) is 0. The molecular formula is C9H15BrN2S. The highest BCUT2D eigenvalue weighted by Crippen LogP contribution is 2.21. The third-order valence-electron chi connectivity index (χ3n) is 1.67. The van der Waals surface area contributed by atoms with Gasteiger partial charge in [0.15, 0.2) is 0 Å². The number of hydrogen-bond acceptors (Lipinski definition) is 3. The Hall–Kier alpha value is 0.100. The molecule has 1 rings (SSSR count). The molecule has 0 amide bonds. The minimum absolute atomic E-state index is 0.243. The molecule has 2 N–H and O–H groups in total. The van der Waals surface area contributed by atoms with E-state index in [-0.39, 0.29) is 6.04 Å². The molecule has 0 saturated carbocycles. The molecule has 1 aromatic heterocycles. The molecule has 0 spiro atoms. The SMILES string of the molecule is CC(N)CN(C)Cc1csc(Br)c1. The Morgan fingerprint density at radius 2 is 2.38 bits per heavy atom. The predicted octanol–water partition coefficient (Wildman–Crippen LogP) is 2.29. The summed E-state index contributed by atoms with van der Waals surface area (Å²) >= 11 is 5.17. The van der Waals surface area contributed by atoms with Crippen LogP contribution < -0.4 is 5.73 Å². The molecule has 0 radical (unpaired) electrons. The minimum Gasteiger partial charge on any atom is -0.327 e. The number of nitrogens with zero attached hydrogens (tertiary/aromatic N) is 1. The van der Waals surface area contributed by atoms with Gasteiger partial charge in [0, 0.05) is 19.1 Å². The van der Waals surface area contributed by atoms with Gasteiger partial charge in [0.1, 0.15) is 0 Å². The molecule has 4 heteroatoms. The van der Waals surface area contributed by atoms with Crippen molar-refractivity contribution in [3.8, 4) is 0 Å². The molecule has 0 aromatic carbocycles. The van der Waals surface area contributed by atoms with Gasteiger partial charge in [-0.15, -0.1) is 11.3 Å². The van der Waals surface area contributed by atoms with E-state index in [0.29, 0.717) is 0 Å². The van der Waals surface area contributed by atoms with E-state index < -0.39 is 0 Å². The van der Waals surface area contributed by atoms with Crippen LogP contribution in [0.25, 0.3) is 0 Å². The lowest BCUT2D eigenvalue weighted by atomic mass is 10.3. The van der Waals surface area contributed by atoms with E-state index in [1.807, 2.05) is 6.92 Å². The third-order valence-corrected chi connectivity index (χ3v) is 3.23. The maximum Gasteiger partial charge on any atom is 0.0701 e. The number of thiophene rings is 1. The number of hydrogen-bond donors (Lipinski definition) is 1. The molecule has 0 bridgehead atoms. The Bertz CT molecular complexity index is 260. The first kappa shape index (κ1) is 11.2. The highest BCUT2D eigenvalue weighted by atomic mass is 79.9. The summed E-state index contributed by atoms with van der Waals surface area (Å²) in [5.41, 5.74) is 7.05. The highest BCUT2D eigenvalue weighted by Gasteiger charge is 2.04. The van der Waals surface area contributed by atoms with Gasteiger partial charge in [-0.05, 0) is 46.9 Å². The average molecular weight is 263 g/mol. The third kappa shape index (κ3) is 4.22. The van der Waals surface area contributed by atoms with E-state index in [1.165, 1.54) is 9.35 Å². The van der Waals surface area contributed by atoms with Crippen molar-refractivity contribution in [3.63, 3.8) is 0 Å². The zero-order valence-corrected chi connectivity index (χ0v) is 10.4. The van der Waals surface area contributed by atoms with Crippen LogP contribution in [0.5, 0.6) is 0 Å². The fraction of sp³-hybridized carbons (Fsp3) is 0.556. The van der Waals surface area contributed by atoms with Crippen LogP contribution in [0.4, 0.5) is 0 Å². The normalized spacial score (nSPS) is 13.6. The maximum absolute atomic E-state index is 5.70. The summed E-state index contributed by atoms with van der Waals surface area (Å²) < 4.78 is 1.19. The van der Waals surface area contributed by atoms with Crippen molar-refractivity contribution in [1.29, 1.82) is 0 Å². The lowest BCUT2D eigenvalue weighted by Gasteiger charge is -2.17. The van der Waals surface area contributed by atoms with Crippen LogP contribution in [0.15, 0.2) is 15.2 Å². The van der Waals surface area contributed by atoms with Gasteiger partial charge in [-0.1, -0.05) is 0 Å². The van der Waals surface area contributed by atoms with Crippen molar-refractivity contribution in [2.24, 2.45) is 5.73 Å². The van der Waals surface area contributed by atoms with Crippen LogP contribution in [-0.4, -0.2) is 24.5 Å². The summed E-state index contributed by atoms with van der Waals surface area (Å²) in [7, 11) is 2.09. The Kier molecular flexibility index (Phi) is 4.38. The first-order valence-corrected chi connectivity index (χ1v) is 5.92. The van der Waals surface area contributed by atoms with Crippen LogP contribution in [0.3, 0.4) is 0 Å². The Balaban J connectivity index is 2.40. The Morgan fingerprint density at radius 3 is 2.85 bits per heavy atom. The first-order chi connectivity index (χ1) is 6.08. The maximum atomic E-state index is 5.70. The first-order valence-electron chi connectivity index (χ1n) is 4.25. The fourth-order valence-electron chi connectivity index (χ4n) is 1.30. The molecule has 1 unspecified atom stereocenters. The summed E-state index contributed by atoms with van der Waals surface area (Å²) in [5.74, 6) is 0. The van der Waals surface area contributed by atoms with Gasteiger partial charge in [-0.25, -0.2) is 0 Å². The minimum atomic E-state index is 0.243. The van der Waals surface area contributed by atoms with E-state index in [9.17, 15) is 0 Å². The van der Waals surface area contributed by atoms with Gasteiger partial charge in [0.25, 0.3) is 0 Å². The van der Waals surface area contributed by atoms with Crippen LogP contribution in [0.1, 0.15) is 12.5 Å². The van der Waals surface area contributed by atoms with Gasteiger partial charge >= 0.3 is 0 Å². The lowest BCUT2D eigenvalue weighted by molar-refractivity contribution is 0.310. The van der Waals surface area contributed by atoms with Gasteiger partial charge < -0.3 is 10.6 Å². The highest BCUT2D eigenvalue weighted by molar-refractivity contribution is 9.11. The second-order valence-corrected chi connectivity index (χ2v) is 5.72. The van der Waals surface area contributed by atoms with Crippen LogP contribution >= 0.6 is 27.3 Å². The number of likely N-dealkylation sites (N-methyl/N-ethyl adjacent to an activating group) is 1. The van der Waals surface area contributed by atoms with E-state index in [2.05, 4.69) is 39.3 Å². The second-order valence-electron chi connectivity index (χ2n) is 3.43. The monoisotopic (exact) mass is 262 g/mol. The average Bonchev–Trinajstić information content (AvgIpc) is 2.33. The molecular weight excluding hydrogens is 248 g/mol. The van der Waals surface area contributed by atoms with Crippen molar-refractivity contribution < 1.29 is 0 Å².